The molecule has 3 aromatic rings. The fourth-order valence-corrected chi connectivity index (χ4v) is 4.35. The molecule has 0 amide bonds. The predicted molar refractivity (Wildman–Crippen MR) is 114 cm³/mol. The van der Waals surface area contributed by atoms with Gasteiger partial charge in [0.2, 0.25) is 4.80 Å². The van der Waals surface area contributed by atoms with Crippen LogP contribution in [0.2, 0.25) is 0 Å². The van der Waals surface area contributed by atoms with E-state index in [1.54, 1.807) is 11.3 Å². The lowest BCUT2D eigenvalue weighted by molar-refractivity contribution is 0.435. The summed E-state index contributed by atoms with van der Waals surface area (Å²) in [4.78, 5) is 5.97. The number of nitrogens with zero attached hydrogens (tertiary/aromatic N) is 4. The van der Waals surface area contributed by atoms with Crippen LogP contribution in [0.3, 0.4) is 0 Å². The van der Waals surface area contributed by atoms with Gasteiger partial charge in [0, 0.05) is 10.9 Å². The summed E-state index contributed by atoms with van der Waals surface area (Å²) >= 11 is 1.65. The number of thiazole rings is 1. The van der Waals surface area contributed by atoms with Crippen LogP contribution in [0, 0.1) is 11.3 Å². The van der Waals surface area contributed by atoms with Crippen LogP contribution in [0.1, 0.15) is 43.2 Å². The van der Waals surface area contributed by atoms with Crippen molar-refractivity contribution in [3.05, 3.63) is 75.9 Å². The molecular weight excluding hydrogens is 364 g/mol. The first-order valence-electron chi connectivity index (χ1n) is 9.68. The first-order chi connectivity index (χ1) is 13.8. The largest absolute Gasteiger partial charge is 0.254 e. The summed E-state index contributed by atoms with van der Waals surface area (Å²) in [6.07, 6.45) is 8.01. The van der Waals surface area contributed by atoms with Crippen molar-refractivity contribution in [2.45, 2.75) is 38.1 Å². The van der Waals surface area contributed by atoms with Crippen LogP contribution in [-0.4, -0.2) is 16.9 Å². The topological polar surface area (TPSA) is 53.4 Å². The van der Waals surface area contributed by atoms with Gasteiger partial charge in [0.25, 0.3) is 0 Å². The van der Waals surface area contributed by atoms with Crippen LogP contribution < -0.4 is 4.80 Å². The summed E-state index contributed by atoms with van der Waals surface area (Å²) < 4.78 is 1.95. The Bertz CT molecular complexity index is 1050. The van der Waals surface area contributed by atoms with Crippen LogP contribution >= 0.6 is 11.3 Å². The Morgan fingerprint density at radius 2 is 1.75 bits per heavy atom. The minimum Gasteiger partial charge on any atom is -0.254 e. The van der Waals surface area contributed by atoms with E-state index in [1.807, 2.05) is 53.4 Å². The molecule has 5 heteroatoms. The van der Waals surface area contributed by atoms with Crippen LogP contribution in [-0.2, 0) is 0 Å². The second-order valence-electron chi connectivity index (χ2n) is 6.98. The fraction of sp³-hybridized carbons (Fsp3) is 0.261. The third-order valence-electron chi connectivity index (χ3n) is 4.98. The van der Waals surface area contributed by atoms with Crippen molar-refractivity contribution in [1.82, 2.24) is 4.68 Å². The molecule has 0 saturated heterocycles. The second-order valence-corrected chi connectivity index (χ2v) is 7.82. The quantitative estimate of drug-likeness (QED) is 0.568. The van der Waals surface area contributed by atoms with Crippen molar-refractivity contribution >= 4 is 17.6 Å². The summed E-state index contributed by atoms with van der Waals surface area (Å²) in [6, 6.07) is 20.3. The summed E-state index contributed by atoms with van der Waals surface area (Å²) in [5, 5.41) is 15.9. The number of hydrogen-bond acceptors (Lipinski definition) is 4. The van der Waals surface area contributed by atoms with E-state index < -0.39 is 0 Å². The first-order valence-corrected chi connectivity index (χ1v) is 10.6. The molecule has 1 fully saturated rings. The Morgan fingerprint density at radius 1 is 1.00 bits per heavy atom. The van der Waals surface area contributed by atoms with Gasteiger partial charge in [-0.25, -0.2) is 4.68 Å². The fourth-order valence-electron chi connectivity index (χ4n) is 3.44. The molecular formula is C23H22N4S. The molecule has 2 aromatic carbocycles. The number of nitriles is 1. The minimum atomic E-state index is 0.396. The predicted octanol–water partition coefficient (Wildman–Crippen LogP) is 5.20. The van der Waals surface area contributed by atoms with Crippen molar-refractivity contribution in [2.24, 2.45) is 10.1 Å². The van der Waals surface area contributed by atoms with Gasteiger partial charge < -0.3 is 0 Å². The Hall–Kier alpha value is -2.97. The molecule has 1 saturated carbocycles. The highest BCUT2D eigenvalue weighted by Gasteiger charge is 2.13. The molecule has 1 aliphatic carbocycles. The van der Waals surface area contributed by atoms with Gasteiger partial charge in [-0.05, 0) is 30.5 Å². The lowest BCUT2D eigenvalue weighted by Gasteiger charge is -2.16. The number of rotatable bonds is 4. The average molecular weight is 387 g/mol. The van der Waals surface area contributed by atoms with E-state index in [4.69, 9.17) is 15.4 Å². The Kier molecular flexibility index (Phi) is 5.79. The molecule has 0 unspecified atom stereocenters. The van der Waals surface area contributed by atoms with Crippen molar-refractivity contribution in [3.63, 3.8) is 0 Å². The molecule has 0 atom stereocenters. The highest BCUT2D eigenvalue weighted by Crippen LogP contribution is 2.22. The molecule has 1 aromatic heterocycles. The smallest absolute Gasteiger partial charge is 0.206 e. The van der Waals surface area contributed by atoms with E-state index in [-0.39, 0.29) is 0 Å². The number of benzene rings is 2. The molecule has 0 spiro atoms. The molecule has 0 N–H and O–H groups in total. The van der Waals surface area contributed by atoms with Gasteiger partial charge in [-0.3, -0.25) is 4.99 Å². The van der Waals surface area contributed by atoms with Crippen molar-refractivity contribution in [1.29, 1.82) is 5.26 Å². The SMILES string of the molecule is N#Cc1ccc(C=Nn2c(-c3ccccc3)csc2=NC2CCCCC2)cc1. The lowest BCUT2D eigenvalue weighted by atomic mass is 9.96. The van der Waals surface area contributed by atoms with Gasteiger partial charge in [0.15, 0.2) is 0 Å². The van der Waals surface area contributed by atoms with Crippen LogP contribution in [0.5, 0.6) is 0 Å². The Labute approximate surface area is 169 Å². The summed E-state index contributed by atoms with van der Waals surface area (Å²) in [5.41, 5.74) is 3.78. The van der Waals surface area contributed by atoms with Gasteiger partial charge in [-0.15, -0.1) is 11.3 Å². The maximum absolute atomic E-state index is 8.96. The second kappa shape index (κ2) is 8.81. The van der Waals surface area contributed by atoms with Crippen molar-refractivity contribution in [2.75, 3.05) is 0 Å². The van der Waals surface area contributed by atoms with E-state index in [1.165, 1.54) is 19.3 Å². The van der Waals surface area contributed by atoms with Crippen LogP contribution in [0.4, 0.5) is 0 Å². The monoisotopic (exact) mass is 386 g/mol. The molecule has 4 nitrogen and oxygen atoms in total. The zero-order valence-electron chi connectivity index (χ0n) is 15.7. The van der Waals surface area contributed by atoms with Gasteiger partial charge in [-0.1, -0.05) is 61.7 Å². The Morgan fingerprint density at radius 3 is 2.46 bits per heavy atom. The molecule has 0 aliphatic heterocycles. The standard InChI is InChI=1S/C23H22N4S/c24-15-18-11-13-19(14-12-18)16-25-27-22(20-7-3-1-4-8-20)17-28-23(27)26-21-9-5-2-6-10-21/h1,3-4,7-8,11-14,16-17,21H,2,5-6,9-10H2. The molecule has 1 heterocycles. The van der Waals surface area contributed by atoms with Crippen LogP contribution in [0.25, 0.3) is 11.3 Å². The number of aromatic nitrogens is 1. The zero-order chi connectivity index (χ0) is 19.2. The van der Waals surface area contributed by atoms with Gasteiger partial charge in [0.1, 0.15) is 0 Å². The summed E-state index contributed by atoms with van der Waals surface area (Å²) in [6.45, 7) is 0. The summed E-state index contributed by atoms with van der Waals surface area (Å²) in [7, 11) is 0. The Balaban J connectivity index is 1.73. The maximum atomic E-state index is 8.96. The van der Waals surface area contributed by atoms with Crippen molar-refractivity contribution < 1.29 is 0 Å². The van der Waals surface area contributed by atoms with E-state index >= 15 is 0 Å². The average Bonchev–Trinajstić information content (AvgIpc) is 3.16. The molecule has 0 radical (unpaired) electrons. The third-order valence-corrected chi connectivity index (χ3v) is 5.81. The molecule has 4 rings (SSSR count). The number of hydrogen-bond donors (Lipinski definition) is 0. The normalized spacial score (nSPS) is 15.8. The van der Waals surface area contributed by atoms with Gasteiger partial charge in [0.05, 0.1) is 29.6 Å². The van der Waals surface area contributed by atoms with E-state index in [0.717, 1.165) is 34.5 Å². The first kappa shape index (κ1) is 18.4. The molecule has 1 aliphatic rings. The van der Waals surface area contributed by atoms with E-state index in [2.05, 4.69) is 23.6 Å². The molecule has 28 heavy (non-hydrogen) atoms. The van der Waals surface area contributed by atoms with E-state index in [9.17, 15) is 0 Å². The third kappa shape index (κ3) is 4.29. The van der Waals surface area contributed by atoms with Crippen LogP contribution in [0.15, 0.2) is 70.1 Å². The van der Waals surface area contributed by atoms with Crippen molar-refractivity contribution in [3.8, 4) is 17.3 Å². The lowest BCUT2D eigenvalue weighted by Crippen LogP contribution is -2.19. The minimum absolute atomic E-state index is 0.396. The molecule has 140 valence electrons. The highest BCUT2D eigenvalue weighted by atomic mass is 32.1. The van der Waals surface area contributed by atoms with Gasteiger partial charge >= 0.3 is 0 Å². The van der Waals surface area contributed by atoms with E-state index in [0.29, 0.717) is 11.6 Å². The maximum Gasteiger partial charge on any atom is 0.206 e. The highest BCUT2D eigenvalue weighted by molar-refractivity contribution is 7.07. The molecule has 0 bridgehead atoms. The van der Waals surface area contributed by atoms with Gasteiger partial charge in [-0.2, -0.15) is 10.4 Å². The summed E-state index contributed by atoms with van der Waals surface area (Å²) in [5.74, 6) is 0. The zero-order valence-corrected chi connectivity index (χ0v) is 16.5.